The van der Waals surface area contributed by atoms with Gasteiger partial charge in [0.05, 0.1) is 0 Å². The number of imidazole rings is 1. The molecule has 0 bridgehead atoms. The molecule has 0 spiro atoms. The van der Waals surface area contributed by atoms with Crippen molar-refractivity contribution in [3.05, 3.63) is 41.7 Å². The van der Waals surface area contributed by atoms with Crippen molar-refractivity contribution in [2.75, 3.05) is 0 Å². The average molecular weight is 269 g/mol. The van der Waals surface area contributed by atoms with Gasteiger partial charge in [-0.1, -0.05) is 19.1 Å². The van der Waals surface area contributed by atoms with E-state index >= 15 is 0 Å². The van der Waals surface area contributed by atoms with Gasteiger partial charge in [-0.25, -0.2) is 4.98 Å². The molecule has 1 aliphatic rings. The van der Waals surface area contributed by atoms with Gasteiger partial charge in [-0.2, -0.15) is 0 Å². The van der Waals surface area contributed by atoms with E-state index in [2.05, 4.69) is 53.1 Å². The Labute approximate surface area is 121 Å². The molecule has 106 valence electrons. The van der Waals surface area contributed by atoms with Crippen LogP contribution in [0.1, 0.15) is 37.3 Å². The molecule has 1 fully saturated rings. The molecule has 3 nitrogen and oxygen atoms in total. The summed E-state index contributed by atoms with van der Waals surface area (Å²) in [7, 11) is 0. The van der Waals surface area contributed by atoms with E-state index < -0.39 is 0 Å². The molecule has 1 aromatic carbocycles. The van der Waals surface area contributed by atoms with E-state index in [1.807, 2.05) is 6.20 Å². The number of hydrogen-bond acceptors (Lipinski definition) is 2. The SMILES string of the molecule is CCCn1ccnc1-c1cc(CNC2CC2)ccc1C. The molecule has 0 saturated heterocycles. The number of rotatable bonds is 6. The molecule has 0 atom stereocenters. The van der Waals surface area contributed by atoms with Crippen LogP contribution in [0.3, 0.4) is 0 Å². The van der Waals surface area contributed by atoms with Crippen molar-refractivity contribution < 1.29 is 0 Å². The first-order valence-electron chi connectivity index (χ1n) is 7.62. The van der Waals surface area contributed by atoms with Crippen LogP contribution < -0.4 is 5.32 Å². The van der Waals surface area contributed by atoms with Crippen molar-refractivity contribution in [2.24, 2.45) is 0 Å². The van der Waals surface area contributed by atoms with Crippen molar-refractivity contribution in [1.82, 2.24) is 14.9 Å². The first-order valence-corrected chi connectivity index (χ1v) is 7.62. The Morgan fingerprint density at radius 2 is 2.20 bits per heavy atom. The Balaban J connectivity index is 1.86. The van der Waals surface area contributed by atoms with Gasteiger partial charge in [-0.15, -0.1) is 0 Å². The highest BCUT2D eigenvalue weighted by molar-refractivity contribution is 5.61. The van der Waals surface area contributed by atoms with Gasteiger partial charge < -0.3 is 9.88 Å². The predicted molar refractivity (Wildman–Crippen MR) is 82.6 cm³/mol. The Morgan fingerprint density at radius 3 is 2.95 bits per heavy atom. The summed E-state index contributed by atoms with van der Waals surface area (Å²) in [6.07, 6.45) is 7.78. The van der Waals surface area contributed by atoms with Gasteiger partial charge in [0.25, 0.3) is 0 Å². The molecule has 0 radical (unpaired) electrons. The van der Waals surface area contributed by atoms with E-state index in [1.165, 1.54) is 29.5 Å². The molecule has 3 heteroatoms. The summed E-state index contributed by atoms with van der Waals surface area (Å²) in [5, 5.41) is 3.58. The van der Waals surface area contributed by atoms with Crippen molar-refractivity contribution in [3.63, 3.8) is 0 Å². The first-order chi connectivity index (χ1) is 9.78. The maximum Gasteiger partial charge on any atom is 0.140 e. The molecule has 3 rings (SSSR count). The lowest BCUT2D eigenvalue weighted by Crippen LogP contribution is -2.15. The third kappa shape index (κ3) is 2.93. The fraction of sp³-hybridized carbons (Fsp3) is 0.471. The van der Waals surface area contributed by atoms with Gasteiger partial charge in [0.1, 0.15) is 5.82 Å². The minimum Gasteiger partial charge on any atom is -0.331 e. The van der Waals surface area contributed by atoms with Crippen LogP contribution in [0.5, 0.6) is 0 Å². The van der Waals surface area contributed by atoms with Crippen molar-refractivity contribution in [1.29, 1.82) is 0 Å². The highest BCUT2D eigenvalue weighted by Gasteiger charge is 2.20. The molecule has 1 N–H and O–H groups in total. The molecule has 1 aromatic heterocycles. The van der Waals surface area contributed by atoms with Gasteiger partial charge >= 0.3 is 0 Å². The fourth-order valence-electron chi connectivity index (χ4n) is 2.54. The van der Waals surface area contributed by atoms with Gasteiger partial charge in [0.15, 0.2) is 0 Å². The highest BCUT2D eigenvalue weighted by atomic mass is 15.1. The number of benzene rings is 1. The van der Waals surface area contributed by atoms with Crippen molar-refractivity contribution >= 4 is 0 Å². The summed E-state index contributed by atoms with van der Waals surface area (Å²) in [6, 6.07) is 7.48. The summed E-state index contributed by atoms with van der Waals surface area (Å²) >= 11 is 0. The number of hydrogen-bond donors (Lipinski definition) is 1. The second-order valence-corrected chi connectivity index (χ2v) is 5.75. The van der Waals surface area contributed by atoms with Crippen LogP contribution in [0.4, 0.5) is 0 Å². The van der Waals surface area contributed by atoms with Crippen molar-refractivity contribution in [3.8, 4) is 11.4 Å². The Kier molecular flexibility index (Phi) is 3.88. The zero-order valence-electron chi connectivity index (χ0n) is 12.4. The van der Waals surface area contributed by atoms with Gasteiger partial charge in [-0.05, 0) is 43.4 Å². The second-order valence-electron chi connectivity index (χ2n) is 5.75. The Bertz CT molecular complexity index is 582. The summed E-state index contributed by atoms with van der Waals surface area (Å²) in [4.78, 5) is 4.56. The molecule has 0 aliphatic heterocycles. The van der Waals surface area contributed by atoms with Crippen molar-refractivity contribution in [2.45, 2.75) is 52.2 Å². The van der Waals surface area contributed by atoms with E-state index in [4.69, 9.17) is 0 Å². The largest absolute Gasteiger partial charge is 0.331 e. The van der Waals surface area contributed by atoms with Crippen LogP contribution >= 0.6 is 0 Å². The van der Waals surface area contributed by atoms with Crippen LogP contribution in [0.25, 0.3) is 11.4 Å². The first kappa shape index (κ1) is 13.4. The number of aromatic nitrogens is 2. The molecule has 2 aromatic rings. The quantitative estimate of drug-likeness (QED) is 0.869. The summed E-state index contributed by atoms with van der Waals surface area (Å²) < 4.78 is 2.25. The smallest absolute Gasteiger partial charge is 0.140 e. The van der Waals surface area contributed by atoms with E-state index in [-0.39, 0.29) is 0 Å². The zero-order valence-corrected chi connectivity index (χ0v) is 12.4. The predicted octanol–water partition coefficient (Wildman–Crippen LogP) is 3.52. The van der Waals surface area contributed by atoms with E-state index in [0.717, 1.165) is 31.4 Å². The molecule has 0 unspecified atom stereocenters. The number of nitrogens with one attached hydrogen (secondary N) is 1. The maximum absolute atomic E-state index is 4.56. The summed E-state index contributed by atoms with van der Waals surface area (Å²) in [5.74, 6) is 1.10. The summed E-state index contributed by atoms with van der Waals surface area (Å²) in [6.45, 7) is 6.36. The van der Waals surface area contributed by atoms with Gasteiger partial charge in [0.2, 0.25) is 0 Å². The molecule has 20 heavy (non-hydrogen) atoms. The molecular weight excluding hydrogens is 246 g/mol. The highest BCUT2D eigenvalue weighted by Crippen LogP contribution is 2.24. The minimum atomic E-state index is 0.752. The lowest BCUT2D eigenvalue weighted by atomic mass is 10.0. The third-order valence-corrected chi connectivity index (χ3v) is 3.90. The number of aryl methyl sites for hydroxylation is 2. The molecule has 0 amide bonds. The van der Waals surface area contributed by atoms with Gasteiger partial charge in [0, 0.05) is 37.1 Å². The monoisotopic (exact) mass is 269 g/mol. The van der Waals surface area contributed by atoms with Crippen LogP contribution in [-0.4, -0.2) is 15.6 Å². The molecule has 1 saturated carbocycles. The summed E-state index contributed by atoms with van der Waals surface area (Å²) in [5.41, 5.74) is 3.91. The Morgan fingerprint density at radius 1 is 1.35 bits per heavy atom. The topological polar surface area (TPSA) is 29.9 Å². The standard InChI is InChI=1S/C17H23N3/c1-3-9-20-10-8-18-17(20)16-11-14(5-4-13(16)2)12-19-15-6-7-15/h4-5,8,10-11,15,19H,3,6-7,9,12H2,1-2H3. The molecular formula is C17H23N3. The minimum absolute atomic E-state index is 0.752. The zero-order chi connectivity index (χ0) is 13.9. The lowest BCUT2D eigenvalue weighted by Gasteiger charge is -2.11. The van der Waals surface area contributed by atoms with Crippen LogP contribution in [0.2, 0.25) is 0 Å². The van der Waals surface area contributed by atoms with Gasteiger partial charge in [-0.3, -0.25) is 0 Å². The Hall–Kier alpha value is -1.61. The normalized spacial score (nSPS) is 14.7. The lowest BCUT2D eigenvalue weighted by molar-refractivity contribution is 0.682. The fourth-order valence-corrected chi connectivity index (χ4v) is 2.54. The average Bonchev–Trinajstić information content (AvgIpc) is 3.17. The van der Waals surface area contributed by atoms with E-state index in [1.54, 1.807) is 0 Å². The number of nitrogens with zero attached hydrogens (tertiary/aromatic N) is 2. The van der Waals surface area contributed by atoms with Crippen LogP contribution in [0.15, 0.2) is 30.6 Å². The van der Waals surface area contributed by atoms with Crippen LogP contribution in [0, 0.1) is 6.92 Å². The molecule has 1 aliphatic carbocycles. The second kappa shape index (κ2) is 5.80. The van der Waals surface area contributed by atoms with E-state index in [0.29, 0.717) is 0 Å². The van der Waals surface area contributed by atoms with E-state index in [9.17, 15) is 0 Å². The third-order valence-electron chi connectivity index (χ3n) is 3.90. The van der Waals surface area contributed by atoms with Crippen LogP contribution in [-0.2, 0) is 13.1 Å². The molecule has 1 heterocycles. The maximum atomic E-state index is 4.56.